The van der Waals surface area contributed by atoms with E-state index in [-0.39, 0.29) is 30.7 Å². The van der Waals surface area contributed by atoms with Crippen LogP contribution in [0.4, 0.5) is 10.1 Å². The highest BCUT2D eigenvalue weighted by Gasteiger charge is 2.25. The highest BCUT2D eigenvalue weighted by molar-refractivity contribution is 5.85. The van der Waals surface area contributed by atoms with Crippen molar-refractivity contribution >= 4 is 24.1 Å². The molecule has 1 fully saturated rings. The quantitative estimate of drug-likeness (QED) is 0.617. The Morgan fingerprint density at radius 2 is 2.08 bits per heavy atom. The Morgan fingerprint density at radius 1 is 1.46 bits per heavy atom. The number of nitro groups is 1. The van der Waals surface area contributed by atoms with Crippen LogP contribution in [0.3, 0.4) is 0 Å². The monoisotopic (exact) mass is 361 g/mol. The van der Waals surface area contributed by atoms with Crippen molar-refractivity contribution in [1.29, 1.82) is 0 Å². The molecule has 0 spiro atoms. The van der Waals surface area contributed by atoms with Gasteiger partial charge in [-0.2, -0.15) is 0 Å². The van der Waals surface area contributed by atoms with E-state index >= 15 is 0 Å². The molecule has 0 saturated carbocycles. The molecular weight excluding hydrogens is 341 g/mol. The summed E-state index contributed by atoms with van der Waals surface area (Å²) in [5, 5.41) is 19.8. The van der Waals surface area contributed by atoms with Crippen LogP contribution in [-0.2, 0) is 11.3 Å². The first-order valence-corrected chi connectivity index (χ1v) is 7.44. The van der Waals surface area contributed by atoms with Crippen molar-refractivity contribution in [2.24, 2.45) is 0 Å². The zero-order valence-electron chi connectivity index (χ0n) is 13.4. The molecule has 1 aliphatic heterocycles. The standard InChI is InChI=1S/C15H20FN3O4.ClH/c1-17(10-15(20)21)13-4-6-18(7-5-13)9-11-8-12(16)2-3-14(11)19(22)23;/h2-3,8,13H,4-7,9-10H2,1H3,(H,20,21);1H. The third-order valence-corrected chi connectivity index (χ3v) is 4.20. The fraction of sp³-hybridized carbons (Fsp3) is 0.533. The highest BCUT2D eigenvalue weighted by Crippen LogP contribution is 2.23. The molecule has 0 atom stereocenters. The first kappa shape index (κ1) is 20.3. The van der Waals surface area contributed by atoms with Crippen molar-refractivity contribution in [3.05, 3.63) is 39.7 Å². The van der Waals surface area contributed by atoms with Gasteiger partial charge >= 0.3 is 5.97 Å². The maximum absolute atomic E-state index is 13.4. The Hall–Kier alpha value is -1.77. The third kappa shape index (κ3) is 5.40. The van der Waals surface area contributed by atoms with Gasteiger partial charge in [0.2, 0.25) is 0 Å². The van der Waals surface area contributed by atoms with Gasteiger partial charge in [0.05, 0.1) is 11.5 Å². The summed E-state index contributed by atoms with van der Waals surface area (Å²) in [7, 11) is 1.78. The molecule has 24 heavy (non-hydrogen) atoms. The van der Waals surface area contributed by atoms with Crippen molar-refractivity contribution in [2.75, 3.05) is 26.7 Å². The zero-order valence-corrected chi connectivity index (χ0v) is 14.2. The lowest BCUT2D eigenvalue weighted by Gasteiger charge is -2.36. The molecule has 1 heterocycles. The molecule has 0 aromatic heterocycles. The summed E-state index contributed by atoms with van der Waals surface area (Å²) in [6.45, 7) is 1.72. The van der Waals surface area contributed by atoms with Gasteiger partial charge in [-0.05, 0) is 45.1 Å². The number of likely N-dealkylation sites (N-methyl/N-ethyl adjacent to an activating group) is 1. The lowest BCUT2D eigenvalue weighted by Crippen LogP contribution is -2.44. The van der Waals surface area contributed by atoms with Crippen LogP contribution in [0.15, 0.2) is 18.2 Å². The average Bonchev–Trinajstić information content (AvgIpc) is 2.47. The van der Waals surface area contributed by atoms with Crippen LogP contribution >= 0.6 is 12.4 Å². The number of carboxylic acids is 1. The van der Waals surface area contributed by atoms with Crippen LogP contribution in [-0.4, -0.2) is 58.5 Å². The molecule has 0 amide bonds. The highest BCUT2D eigenvalue weighted by atomic mass is 35.5. The molecule has 134 valence electrons. The Morgan fingerprint density at radius 3 is 2.62 bits per heavy atom. The number of likely N-dealkylation sites (tertiary alicyclic amines) is 1. The number of halogens is 2. The number of carboxylic acid groups (broad SMARTS) is 1. The number of nitrogens with zero attached hydrogens (tertiary/aromatic N) is 3. The molecule has 9 heteroatoms. The van der Waals surface area contributed by atoms with Crippen LogP contribution < -0.4 is 0 Å². The minimum atomic E-state index is -0.856. The lowest BCUT2D eigenvalue weighted by atomic mass is 10.0. The van der Waals surface area contributed by atoms with Gasteiger partial charge in [0.25, 0.3) is 5.69 Å². The number of nitro benzene ring substituents is 1. The van der Waals surface area contributed by atoms with Gasteiger partial charge in [-0.25, -0.2) is 4.39 Å². The summed E-state index contributed by atoms with van der Waals surface area (Å²) in [6.07, 6.45) is 1.57. The van der Waals surface area contributed by atoms with Crippen molar-refractivity contribution < 1.29 is 19.2 Å². The molecule has 1 aliphatic rings. The average molecular weight is 362 g/mol. The Balaban J connectivity index is 0.00000288. The number of rotatable bonds is 6. The van der Waals surface area contributed by atoms with Crippen molar-refractivity contribution in [2.45, 2.75) is 25.4 Å². The summed E-state index contributed by atoms with van der Waals surface area (Å²) in [5.41, 5.74) is 0.295. The third-order valence-electron chi connectivity index (χ3n) is 4.20. The van der Waals surface area contributed by atoms with Crippen LogP contribution in [0.25, 0.3) is 0 Å². The second kappa shape index (κ2) is 8.91. The molecule has 0 aliphatic carbocycles. The summed E-state index contributed by atoms with van der Waals surface area (Å²) >= 11 is 0. The molecule has 1 aromatic rings. The number of benzene rings is 1. The van der Waals surface area contributed by atoms with Crippen LogP contribution in [0.1, 0.15) is 18.4 Å². The van der Waals surface area contributed by atoms with Gasteiger partial charge in [-0.1, -0.05) is 0 Å². The normalized spacial score (nSPS) is 16.0. The number of hydrogen-bond donors (Lipinski definition) is 1. The predicted octanol–water partition coefficient (Wildman–Crippen LogP) is 2.14. The van der Waals surface area contributed by atoms with Crippen LogP contribution in [0.2, 0.25) is 0 Å². The minimum absolute atomic E-state index is 0. The fourth-order valence-corrected chi connectivity index (χ4v) is 2.96. The van der Waals surface area contributed by atoms with Gasteiger partial charge in [-0.3, -0.25) is 24.7 Å². The second-order valence-corrected chi connectivity index (χ2v) is 5.85. The smallest absolute Gasteiger partial charge is 0.317 e. The summed E-state index contributed by atoms with van der Waals surface area (Å²) in [5.74, 6) is -1.34. The molecule has 1 aromatic carbocycles. The zero-order chi connectivity index (χ0) is 17.0. The molecule has 2 rings (SSSR count). The second-order valence-electron chi connectivity index (χ2n) is 5.85. The van der Waals surface area contributed by atoms with E-state index in [2.05, 4.69) is 0 Å². The van der Waals surface area contributed by atoms with E-state index in [1.165, 1.54) is 12.1 Å². The Kier molecular flexibility index (Phi) is 7.53. The van der Waals surface area contributed by atoms with Crippen molar-refractivity contribution in [1.82, 2.24) is 9.80 Å². The summed E-state index contributed by atoms with van der Waals surface area (Å²) < 4.78 is 13.4. The maximum Gasteiger partial charge on any atom is 0.317 e. The molecule has 7 nitrogen and oxygen atoms in total. The summed E-state index contributed by atoms with van der Waals surface area (Å²) in [6, 6.07) is 3.68. The minimum Gasteiger partial charge on any atom is -0.480 e. The van der Waals surface area contributed by atoms with E-state index in [4.69, 9.17) is 5.11 Å². The van der Waals surface area contributed by atoms with Crippen LogP contribution in [0.5, 0.6) is 0 Å². The molecular formula is C15H21ClFN3O4. The number of piperidine rings is 1. The van der Waals surface area contributed by atoms with E-state index in [0.717, 1.165) is 18.9 Å². The van der Waals surface area contributed by atoms with E-state index in [1.807, 2.05) is 9.80 Å². The molecule has 0 bridgehead atoms. The van der Waals surface area contributed by atoms with Crippen molar-refractivity contribution in [3.63, 3.8) is 0 Å². The predicted molar refractivity (Wildman–Crippen MR) is 88.9 cm³/mol. The van der Waals surface area contributed by atoms with E-state index < -0.39 is 16.7 Å². The maximum atomic E-state index is 13.4. The first-order chi connectivity index (χ1) is 10.9. The molecule has 1 saturated heterocycles. The molecule has 1 N–H and O–H groups in total. The van der Waals surface area contributed by atoms with E-state index in [1.54, 1.807) is 7.05 Å². The van der Waals surface area contributed by atoms with Gasteiger partial charge in [-0.15, -0.1) is 12.4 Å². The van der Waals surface area contributed by atoms with Gasteiger partial charge in [0.15, 0.2) is 0 Å². The van der Waals surface area contributed by atoms with Gasteiger partial charge < -0.3 is 5.11 Å². The number of aliphatic carboxylic acids is 1. The SMILES string of the molecule is CN(CC(=O)O)C1CCN(Cc2cc(F)ccc2[N+](=O)[O-])CC1.Cl. The largest absolute Gasteiger partial charge is 0.480 e. The Labute approximate surface area is 145 Å². The Bertz CT molecular complexity index is 594. The number of hydrogen-bond acceptors (Lipinski definition) is 5. The molecule has 0 radical (unpaired) electrons. The van der Waals surface area contributed by atoms with E-state index in [0.29, 0.717) is 25.2 Å². The fourth-order valence-electron chi connectivity index (χ4n) is 2.96. The van der Waals surface area contributed by atoms with Crippen LogP contribution in [0, 0.1) is 15.9 Å². The van der Waals surface area contributed by atoms with Gasteiger partial charge in [0.1, 0.15) is 5.82 Å². The number of carbonyl (C=O) groups is 1. The molecule has 0 unspecified atom stereocenters. The lowest BCUT2D eigenvalue weighted by molar-refractivity contribution is -0.385. The summed E-state index contributed by atoms with van der Waals surface area (Å²) in [4.78, 5) is 25.1. The topological polar surface area (TPSA) is 86.9 Å². The van der Waals surface area contributed by atoms with Gasteiger partial charge in [0, 0.05) is 24.2 Å². The van der Waals surface area contributed by atoms with Crippen molar-refractivity contribution in [3.8, 4) is 0 Å². The first-order valence-electron chi connectivity index (χ1n) is 7.44. The van der Waals surface area contributed by atoms with E-state index in [9.17, 15) is 19.3 Å².